The first-order valence-electron chi connectivity index (χ1n) is 12.4. The van der Waals surface area contributed by atoms with Gasteiger partial charge in [-0.3, -0.25) is 19.3 Å². The minimum absolute atomic E-state index is 0.228. The molecule has 7 heteroatoms. The fourth-order valence-electron chi connectivity index (χ4n) is 5.06. The van der Waals surface area contributed by atoms with Gasteiger partial charge < -0.3 is 9.80 Å². The van der Waals surface area contributed by atoms with Crippen LogP contribution in [-0.4, -0.2) is 90.5 Å². The molecule has 4 rings (SSSR count). The molecule has 0 spiro atoms. The van der Waals surface area contributed by atoms with E-state index in [9.17, 15) is 9.59 Å². The summed E-state index contributed by atoms with van der Waals surface area (Å²) in [5.41, 5.74) is 1.33. The van der Waals surface area contributed by atoms with E-state index in [1.165, 1.54) is 5.56 Å². The van der Waals surface area contributed by atoms with Gasteiger partial charge in [-0.25, -0.2) is 0 Å². The second kappa shape index (κ2) is 11.8. The molecule has 3 heterocycles. The third kappa shape index (κ3) is 6.77. The lowest BCUT2D eigenvalue weighted by atomic mass is 9.93. The Hall–Kier alpha value is -1.96. The van der Waals surface area contributed by atoms with Crippen LogP contribution in [0.15, 0.2) is 30.3 Å². The fourth-order valence-corrected chi connectivity index (χ4v) is 5.06. The minimum atomic E-state index is 0.228. The number of likely N-dealkylation sites (tertiary alicyclic amines) is 1. The first-order chi connectivity index (χ1) is 15.7. The van der Waals surface area contributed by atoms with Gasteiger partial charge in [-0.05, 0) is 37.2 Å². The van der Waals surface area contributed by atoms with Gasteiger partial charge in [0, 0.05) is 71.7 Å². The lowest BCUT2D eigenvalue weighted by molar-refractivity contribution is -0.140. The Kier molecular flexibility index (Phi) is 8.54. The van der Waals surface area contributed by atoms with E-state index in [0.717, 1.165) is 84.6 Å². The van der Waals surface area contributed by atoms with Crippen LogP contribution in [0.4, 0.5) is 0 Å². The van der Waals surface area contributed by atoms with Gasteiger partial charge in [0.15, 0.2) is 0 Å². The number of hydrogen-bond donors (Lipinski definition) is 0. The van der Waals surface area contributed by atoms with Crippen molar-refractivity contribution in [1.29, 1.82) is 0 Å². The summed E-state index contributed by atoms with van der Waals surface area (Å²) in [6.45, 7) is 8.52. The molecule has 0 aromatic heterocycles. The Morgan fingerprint density at radius 1 is 0.875 bits per heavy atom. The second-order valence-corrected chi connectivity index (χ2v) is 9.40. The second-order valence-electron chi connectivity index (χ2n) is 9.40. The van der Waals surface area contributed by atoms with Crippen LogP contribution in [0, 0.1) is 5.92 Å². The minimum Gasteiger partial charge on any atom is -0.342 e. The number of amides is 2. The quantitative estimate of drug-likeness (QED) is 0.619. The number of carbonyl (C=O) groups is 2. The van der Waals surface area contributed by atoms with Gasteiger partial charge in [0.1, 0.15) is 0 Å². The predicted molar refractivity (Wildman–Crippen MR) is 124 cm³/mol. The largest absolute Gasteiger partial charge is 0.342 e. The van der Waals surface area contributed by atoms with Crippen molar-refractivity contribution in [1.82, 2.24) is 19.8 Å². The Bertz CT molecular complexity index is 730. The maximum absolute atomic E-state index is 12.8. The topological polar surface area (TPSA) is 56.3 Å². The lowest BCUT2D eigenvalue weighted by Crippen LogP contribution is -2.48. The summed E-state index contributed by atoms with van der Waals surface area (Å²) in [7, 11) is 0. The number of hydrogen-bond acceptors (Lipinski definition) is 5. The summed E-state index contributed by atoms with van der Waals surface area (Å²) in [5, 5.41) is 1.91. The van der Waals surface area contributed by atoms with Crippen molar-refractivity contribution in [3.63, 3.8) is 0 Å². The smallest absolute Gasteiger partial charge is 0.223 e. The van der Waals surface area contributed by atoms with Crippen molar-refractivity contribution in [2.75, 3.05) is 59.0 Å². The fraction of sp³-hybridized carbons (Fsp3) is 0.680. The third-order valence-electron chi connectivity index (χ3n) is 7.01. The average Bonchev–Trinajstić information content (AvgIpc) is 3.36. The Morgan fingerprint density at radius 2 is 1.66 bits per heavy atom. The Labute approximate surface area is 192 Å². The van der Waals surface area contributed by atoms with Crippen LogP contribution in [0.3, 0.4) is 0 Å². The molecular formula is C25H38N4O3. The van der Waals surface area contributed by atoms with Gasteiger partial charge in [0.2, 0.25) is 11.8 Å². The zero-order valence-electron chi connectivity index (χ0n) is 19.3. The van der Waals surface area contributed by atoms with Crippen LogP contribution >= 0.6 is 0 Å². The summed E-state index contributed by atoms with van der Waals surface area (Å²) in [5.74, 6) is 0.948. The summed E-state index contributed by atoms with van der Waals surface area (Å²) >= 11 is 0. The monoisotopic (exact) mass is 442 g/mol. The SMILES string of the molecule is O=C(CCC1CCCN(C(=O)CCN2CCCO2)C1)N1CCN(Cc2ccccc2)CC1. The summed E-state index contributed by atoms with van der Waals surface area (Å²) in [6, 6.07) is 10.5. The highest BCUT2D eigenvalue weighted by molar-refractivity contribution is 5.77. The van der Waals surface area contributed by atoms with Gasteiger partial charge in [-0.15, -0.1) is 0 Å². The van der Waals surface area contributed by atoms with Gasteiger partial charge in [0.25, 0.3) is 0 Å². The molecule has 0 bridgehead atoms. The molecule has 3 fully saturated rings. The third-order valence-corrected chi connectivity index (χ3v) is 7.01. The van der Waals surface area contributed by atoms with E-state index >= 15 is 0 Å². The normalized spacial score (nSPS) is 22.9. The molecule has 7 nitrogen and oxygen atoms in total. The van der Waals surface area contributed by atoms with Gasteiger partial charge >= 0.3 is 0 Å². The molecular weight excluding hydrogens is 404 g/mol. The van der Waals surface area contributed by atoms with E-state index in [2.05, 4.69) is 29.2 Å². The molecule has 2 amide bonds. The number of piperazine rings is 1. The van der Waals surface area contributed by atoms with Crippen LogP contribution in [0.1, 0.15) is 44.1 Å². The standard InChI is InChI=1S/C25H38N4O3/c30-24(27-17-15-26(16-18-27)20-22-6-2-1-3-7-22)10-9-23-8-4-12-28(21-23)25(31)11-14-29-13-5-19-32-29/h1-3,6-7,23H,4-5,8-21H2. The summed E-state index contributed by atoms with van der Waals surface area (Å²) < 4.78 is 0. The number of hydroxylamine groups is 2. The number of nitrogens with zero attached hydrogens (tertiary/aromatic N) is 4. The maximum atomic E-state index is 12.8. The van der Waals surface area contributed by atoms with Crippen LogP contribution in [0.2, 0.25) is 0 Å². The zero-order chi connectivity index (χ0) is 22.2. The molecule has 1 aromatic rings. The molecule has 3 saturated heterocycles. The summed E-state index contributed by atoms with van der Waals surface area (Å²) in [4.78, 5) is 37.3. The van der Waals surface area contributed by atoms with Crippen molar-refractivity contribution in [2.45, 2.75) is 45.1 Å². The van der Waals surface area contributed by atoms with E-state index in [-0.39, 0.29) is 11.8 Å². The highest BCUT2D eigenvalue weighted by Gasteiger charge is 2.26. The van der Waals surface area contributed by atoms with Crippen LogP contribution < -0.4 is 0 Å². The molecule has 32 heavy (non-hydrogen) atoms. The molecule has 0 N–H and O–H groups in total. The van der Waals surface area contributed by atoms with Gasteiger partial charge in [0.05, 0.1) is 6.61 Å². The first-order valence-corrected chi connectivity index (χ1v) is 12.4. The molecule has 0 radical (unpaired) electrons. The molecule has 3 aliphatic rings. The predicted octanol–water partition coefficient (Wildman–Crippen LogP) is 2.38. The van der Waals surface area contributed by atoms with Gasteiger partial charge in [-0.2, -0.15) is 5.06 Å². The molecule has 1 unspecified atom stereocenters. The molecule has 1 atom stereocenters. The molecule has 0 saturated carbocycles. The Morgan fingerprint density at radius 3 is 2.41 bits per heavy atom. The molecule has 0 aliphatic carbocycles. The average molecular weight is 443 g/mol. The van der Waals surface area contributed by atoms with Crippen molar-refractivity contribution >= 4 is 11.8 Å². The zero-order valence-corrected chi connectivity index (χ0v) is 19.3. The molecule has 3 aliphatic heterocycles. The molecule has 176 valence electrons. The van der Waals surface area contributed by atoms with Crippen molar-refractivity contribution in [3.8, 4) is 0 Å². The van der Waals surface area contributed by atoms with E-state index in [0.29, 0.717) is 25.3 Å². The molecule has 1 aromatic carbocycles. The Balaban J connectivity index is 1.13. The number of piperidine rings is 1. The van der Waals surface area contributed by atoms with E-state index in [4.69, 9.17) is 4.84 Å². The van der Waals surface area contributed by atoms with E-state index in [1.807, 2.05) is 20.9 Å². The number of carbonyl (C=O) groups excluding carboxylic acids is 2. The highest BCUT2D eigenvalue weighted by Crippen LogP contribution is 2.22. The van der Waals surface area contributed by atoms with Crippen LogP contribution in [0.5, 0.6) is 0 Å². The van der Waals surface area contributed by atoms with Gasteiger partial charge in [-0.1, -0.05) is 30.3 Å². The van der Waals surface area contributed by atoms with E-state index in [1.54, 1.807) is 0 Å². The number of rotatable bonds is 8. The highest BCUT2D eigenvalue weighted by atomic mass is 16.7. The number of benzene rings is 1. The summed E-state index contributed by atoms with van der Waals surface area (Å²) in [6.07, 6.45) is 5.24. The maximum Gasteiger partial charge on any atom is 0.223 e. The van der Waals surface area contributed by atoms with Crippen molar-refractivity contribution in [3.05, 3.63) is 35.9 Å². The first kappa shape index (κ1) is 23.2. The van der Waals surface area contributed by atoms with Crippen LogP contribution in [-0.2, 0) is 21.0 Å². The lowest BCUT2D eigenvalue weighted by Gasteiger charge is -2.36. The van der Waals surface area contributed by atoms with Crippen molar-refractivity contribution in [2.24, 2.45) is 5.92 Å². The van der Waals surface area contributed by atoms with Crippen molar-refractivity contribution < 1.29 is 14.4 Å². The van der Waals surface area contributed by atoms with Crippen LogP contribution in [0.25, 0.3) is 0 Å². The van der Waals surface area contributed by atoms with E-state index < -0.39 is 0 Å².